The second-order valence-electron chi connectivity index (χ2n) is 14.7. The first-order valence-corrected chi connectivity index (χ1v) is 22.3. The van der Waals surface area contributed by atoms with E-state index in [1.54, 1.807) is 11.3 Å². The minimum atomic E-state index is -1.87. The first kappa shape index (κ1) is 35.0. The first-order chi connectivity index (χ1) is 21.0. The van der Waals surface area contributed by atoms with Crippen LogP contribution in [0.15, 0.2) is 73.1 Å². The average molecular weight is 658 g/mol. The highest BCUT2D eigenvalue weighted by Crippen LogP contribution is 2.48. The van der Waals surface area contributed by atoms with Crippen molar-refractivity contribution in [1.82, 2.24) is 4.98 Å². The number of nitrogens with zero attached hydrogens (tertiary/aromatic N) is 1. The molecule has 2 aromatic heterocycles. The summed E-state index contributed by atoms with van der Waals surface area (Å²) < 4.78 is 26.9. The molecule has 4 rings (SSSR count). The van der Waals surface area contributed by atoms with Crippen LogP contribution in [0, 0.1) is 17.7 Å². The average Bonchev–Trinajstić information content (AvgIpc) is 3.35. The third-order valence-electron chi connectivity index (χ3n) is 9.33. The number of aromatic nitrogens is 1. The van der Waals surface area contributed by atoms with Crippen LogP contribution in [0.1, 0.15) is 58.4 Å². The molecule has 0 aliphatic carbocycles. The second-order valence-corrected chi connectivity index (χ2v) is 25.3. The van der Waals surface area contributed by atoms with Crippen LogP contribution >= 0.6 is 11.3 Å². The highest BCUT2D eigenvalue weighted by molar-refractivity contribution is 7.17. The van der Waals surface area contributed by atoms with Gasteiger partial charge in [0, 0.05) is 41.4 Å². The minimum Gasteiger partial charge on any atom is -0.416 e. The van der Waals surface area contributed by atoms with E-state index < -0.39 is 16.6 Å². The molecule has 0 spiro atoms. The predicted molar refractivity (Wildman–Crippen MR) is 195 cm³/mol. The maximum absolute atomic E-state index is 14.0. The monoisotopic (exact) mass is 657 g/mol. The third kappa shape index (κ3) is 8.49. The summed E-state index contributed by atoms with van der Waals surface area (Å²) in [5.74, 6) is 6.69. The Morgan fingerprint density at radius 1 is 0.711 bits per heavy atom. The van der Waals surface area contributed by atoms with Gasteiger partial charge < -0.3 is 8.85 Å². The van der Waals surface area contributed by atoms with E-state index in [2.05, 4.69) is 109 Å². The normalized spacial score (nSPS) is 12.6. The fourth-order valence-corrected chi connectivity index (χ4v) is 7.59. The van der Waals surface area contributed by atoms with Crippen LogP contribution in [-0.2, 0) is 15.5 Å². The number of halogens is 1. The summed E-state index contributed by atoms with van der Waals surface area (Å²) in [5.41, 5.74) is 6.42. The maximum Gasteiger partial charge on any atom is 0.192 e. The van der Waals surface area contributed by atoms with Gasteiger partial charge in [0.2, 0.25) is 0 Å². The second kappa shape index (κ2) is 13.9. The predicted octanol–water partition coefficient (Wildman–Crippen LogP) is 11.6. The van der Waals surface area contributed by atoms with Crippen LogP contribution in [0.25, 0.3) is 32.7 Å². The van der Waals surface area contributed by atoms with Gasteiger partial charge in [-0.3, -0.25) is 4.98 Å². The number of hydrogen-bond donors (Lipinski definition) is 0. The molecule has 238 valence electrons. The van der Waals surface area contributed by atoms with Gasteiger partial charge in [0.15, 0.2) is 16.6 Å². The largest absolute Gasteiger partial charge is 0.416 e. The number of rotatable bonds is 9. The van der Waals surface area contributed by atoms with E-state index in [1.165, 1.54) is 12.1 Å². The lowest BCUT2D eigenvalue weighted by Crippen LogP contribution is -2.40. The number of hydrogen-bond acceptors (Lipinski definition) is 4. The molecule has 0 amide bonds. The Hall–Kier alpha value is -2.87. The van der Waals surface area contributed by atoms with Crippen LogP contribution in [-0.4, -0.2) is 28.2 Å². The summed E-state index contributed by atoms with van der Waals surface area (Å²) in [5, 5.41) is 0.315. The lowest BCUT2D eigenvalue weighted by Gasteiger charge is -2.36. The van der Waals surface area contributed by atoms with Crippen molar-refractivity contribution >= 4 is 28.0 Å². The molecule has 0 atom stereocenters. The van der Waals surface area contributed by atoms with E-state index in [4.69, 9.17) is 8.85 Å². The minimum absolute atomic E-state index is 0.156. The molecule has 0 bridgehead atoms. The zero-order chi connectivity index (χ0) is 33.0. The van der Waals surface area contributed by atoms with Crippen LogP contribution in [0.5, 0.6) is 0 Å². The van der Waals surface area contributed by atoms with E-state index in [9.17, 15) is 4.39 Å². The zero-order valence-corrected chi connectivity index (χ0v) is 31.4. The van der Waals surface area contributed by atoms with Crippen molar-refractivity contribution in [3.05, 3.63) is 89.3 Å². The van der Waals surface area contributed by atoms with E-state index >= 15 is 0 Å². The van der Waals surface area contributed by atoms with E-state index in [0.29, 0.717) is 19.6 Å². The molecule has 0 saturated carbocycles. The van der Waals surface area contributed by atoms with Crippen molar-refractivity contribution < 1.29 is 13.2 Å². The van der Waals surface area contributed by atoms with Gasteiger partial charge in [0.05, 0.1) is 11.5 Å². The molecule has 2 heterocycles. The Labute approximate surface area is 276 Å². The standard InChI is InChI=1S/C38H48FNO2SSi2/c1-37(2,3)44(7,8)41-26-12-11-13-33-34(29-16-14-28(15-17-29)27-42-45(9,10)38(4,5)6)35(30-22-24-40-25-23-30)36(43-33)31-18-20-32(39)21-19-31/h14-25H,12,26-27H2,1-10H3. The Morgan fingerprint density at radius 3 is 1.82 bits per heavy atom. The molecule has 0 saturated heterocycles. The molecule has 4 aromatic rings. The van der Waals surface area contributed by atoms with Crippen molar-refractivity contribution in [3.8, 4) is 44.5 Å². The summed E-state index contributed by atoms with van der Waals surface area (Å²) in [6.45, 7) is 23.9. The SMILES string of the molecule is CC(C)(C)[Si](C)(C)OCCC#Cc1sc(-c2ccc(F)cc2)c(-c2ccncc2)c1-c1ccc(CO[Si](C)(C)C(C)(C)C)cc1. The molecule has 0 fully saturated rings. The Kier molecular flexibility index (Phi) is 10.8. The Morgan fingerprint density at radius 2 is 1.24 bits per heavy atom. The van der Waals surface area contributed by atoms with Gasteiger partial charge in [-0.1, -0.05) is 89.8 Å². The van der Waals surface area contributed by atoms with Crippen molar-refractivity contribution in [2.75, 3.05) is 6.61 Å². The van der Waals surface area contributed by atoms with Gasteiger partial charge in [-0.25, -0.2) is 4.39 Å². The summed E-state index contributed by atoms with van der Waals surface area (Å²) in [6.07, 6.45) is 4.29. The molecule has 0 N–H and O–H groups in total. The van der Waals surface area contributed by atoms with Gasteiger partial charge in [0.1, 0.15) is 5.82 Å². The lowest BCUT2D eigenvalue weighted by atomic mass is 9.93. The number of benzene rings is 2. The van der Waals surface area contributed by atoms with Gasteiger partial charge in [-0.05, 0) is 82.8 Å². The molecule has 0 aliphatic rings. The molecule has 2 aromatic carbocycles. The molecule has 0 unspecified atom stereocenters. The van der Waals surface area contributed by atoms with Crippen LogP contribution in [0.3, 0.4) is 0 Å². The van der Waals surface area contributed by atoms with Crippen LogP contribution in [0.4, 0.5) is 4.39 Å². The van der Waals surface area contributed by atoms with E-state index in [0.717, 1.165) is 43.1 Å². The number of pyridine rings is 1. The molecule has 7 heteroatoms. The van der Waals surface area contributed by atoms with Crippen LogP contribution in [0.2, 0.25) is 36.3 Å². The Balaban J connectivity index is 1.76. The third-order valence-corrected chi connectivity index (χ3v) is 19.5. The van der Waals surface area contributed by atoms with Crippen molar-refractivity contribution in [2.45, 2.75) is 90.8 Å². The molecular weight excluding hydrogens is 610 g/mol. The molecular formula is C38H48FNO2SSi2. The molecule has 45 heavy (non-hydrogen) atoms. The van der Waals surface area contributed by atoms with Gasteiger partial charge in [-0.15, -0.1) is 11.3 Å². The van der Waals surface area contributed by atoms with E-state index in [1.807, 2.05) is 36.7 Å². The lowest BCUT2D eigenvalue weighted by molar-refractivity contribution is 0.276. The summed E-state index contributed by atoms with van der Waals surface area (Å²) >= 11 is 1.66. The fourth-order valence-electron chi connectivity index (χ4n) is 4.36. The molecule has 3 nitrogen and oxygen atoms in total. The first-order valence-electron chi connectivity index (χ1n) is 15.7. The summed E-state index contributed by atoms with van der Waals surface area (Å²) in [4.78, 5) is 6.32. The highest BCUT2D eigenvalue weighted by Gasteiger charge is 2.37. The van der Waals surface area contributed by atoms with Crippen molar-refractivity contribution in [3.63, 3.8) is 0 Å². The van der Waals surface area contributed by atoms with Crippen LogP contribution < -0.4 is 0 Å². The van der Waals surface area contributed by atoms with Gasteiger partial charge in [0.25, 0.3) is 0 Å². The number of thiophene rings is 1. The van der Waals surface area contributed by atoms with Gasteiger partial charge in [-0.2, -0.15) is 0 Å². The summed E-state index contributed by atoms with van der Waals surface area (Å²) in [6, 6.07) is 19.5. The molecule has 0 aliphatic heterocycles. The maximum atomic E-state index is 14.0. The van der Waals surface area contributed by atoms with E-state index in [-0.39, 0.29) is 15.9 Å². The molecule has 0 radical (unpaired) electrons. The quantitative estimate of drug-likeness (QED) is 0.102. The summed E-state index contributed by atoms with van der Waals surface area (Å²) in [7, 11) is -3.71. The zero-order valence-electron chi connectivity index (χ0n) is 28.6. The fraction of sp³-hybridized carbons (Fsp3) is 0.395. The smallest absolute Gasteiger partial charge is 0.192 e. The Bertz CT molecular complexity index is 1640. The van der Waals surface area contributed by atoms with Crippen molar-refractivity contribution in [2.24, 2.45) is 0 Å². The highest BCUT2D eigenvalue weighted by atomic mass is 32.1. The topological polar surface area (TPSA) is 31.4 Å². The van der Waals surface area contributed by atoms with Gasteiger partial charge >= 0.3 is 0 Å². The van der Waals surface area contributed by atoms with Crippen molar-refractivity contribution in [1.29, 1.82) is 0 Å².